The van der Waals surface area contributed by atoms with E-state index in [2.05, 4.69) is 37.3 Å². The molecule has 2 aromatic carbocycles. The normalized spacial score (nSPS) is 12.4. The molecule has 0 amide bonds. The predicted octanol–water partition coefficient (Wildman–Crippen LogP) is 5.42. The van der Waals surface area contributed by atoms with Crippen molar-refractivity contribution < 1.29 is 19.4 Å². The van der Waals surface area contributed by atoms with Gasteiger partial charge in [0.15, 0.2) is 0 Å². The van der Waals surface area contributed by atoms with Crippen LogP contribution in [-0.2, 0) is 20.7 Å². The number of benzene rings is 2. The topological polar surface area (TPSA) is 63.6 Å². The van der Waals surface area contributed by atoms with Crippen LogP contribution in [0.4, 0.5) is 0 Å². The van der Waals surface area contributed by atoms with Gasteiger partial charge in [0.1, 0.15) is 5.60 Å². The summed E-state index contributed by atoms with van der Waals surface area (Å²) in [5.41, 5.74) is 4.18. The molecule has 1 N–H and O–H groups in total. The molecule has 0 aliphatic heterocycles. The number of carboxylic acid groups (broad SMARTS) is 1. The lowest BCUT2D eigenvalue weighted by molar-refractivity contribution is -0.160. The number of carbonyl (C=O) groups is 2. The van der Waals surface area contributed by atoms with E-state index in [9.17, 15) is 14.7 Å². The molecule has 0 fully saturated rings. The summed E-state index contributed by atoms with van der Waals surface area (Å²) >= 11 is 0. The first-order valence-corrected chi connectivity index (χ1v) is 9.75. The Labute approximate surface area is 167 Å². The average Bonchev–Trinajstić information content (AvgIpc) is 2.60. The zero-order valence-corrected chi connectivity index (χ0v) is 17.2. The van der Waals surface area contributed by atoms with Gasteiger partial charge in [-0.3, -0.25) is 9.59 Å². The van der Waals surface area contributed by atoms with E-state index in [0.29, 0.717) is 12.8 Å². The predicted molar refractivity (Wildman–Crippen MR) is 111 cm³/mol. The van der Waals surface area contributed by atoms with E-state index in [-0.39, 0.29) is 6.42 Å². The second kappa shape index (κ2) is 9.54. The SMILES string of the molecule is Cc1cc(CCC[C@H](CC(=O)OC(C)(C)C)C(=O)O)ccc1-c1ccccc1. The number of rotatable bonds is 8. The molecule has 0 saturated carbocycles. The summed E-state index contributed by atoms with van der Waals surface area (Å²) in [6, 6.07) is 16.6. The van der Waals surface area contributed by atoms with Crippen LogP contribution in [0.25, 0.3) is 11.1 Å². The van der Waals surface area contributed by atoms with Gasteiger partial charge in [0, 0.05) is 0 Å². The zero-order valence-electron chi connectivity index (χ0n) is 17.2. The number of hydrogen-bond donors (Lipinski definition) is 1. The second-order valence-corrected chi connectivity index (χ2v) is 8.23. The highest BCUT2D eigenvalue weighted by atomic mass is 16.6. The van der Waals surface area contributed by atoms with E-state index in [0.717, 1.165) is 6.42 Å². The van der Waals surface area contributed by atoms with E-state index in [4.69, 9.17) is 4.74 Å². The van der Waals surface area contributed by atoms with Crippen molar-refractivity contribution in [2.75, 3.05) is 0 Å². The summed E-state index contributed by atoms with van der Waals surface area (Å²) < 4.78 is 5.25. The Morgan fingerprint density at radius 1 is 1.07 bits per heavy atom. The Morgan fingerprint density at radius 2 is 1.75 bits per heavy atom. The van der Waals surface area contributed by atoms with Crippen molar-refractivity contribution in [2.45, 2.75) is 59.0 Å². The van der Waals surface area contributed by atoms with Crippen LogP contribution in [0.1, 0.15) is 51.2 Å². The Balaban J connectivity index is 1.92. The number of carboxylic acids is 1. The monoisotopic (exact) mass is 382 g/mol. The fourth-order valence-electron chi connectivity index (χ4n) is 3.27. The minimum atomic E-state index is -0.943. The van der Waals surface area contributed by atoms with Crippen molar-refractivity contribution in [1.29, 1.82) is 0 Å². The summed E-state index contributed by atoms with van der Waals surface area (Å²) in [6.45, 7) is 7.43. The quantitative estimate of drug-likeness (QED) is 0.619. The molecule has 1 atom stereocenters. The van der Waals surface area contributed by atoms with Crippen LogP contribution in [0, 0.1) is 12.8 Å². The summed E-state index contributed by atoms with van der Waals surface area (Å²) in [6.07, 6.45) is 1.87. The summed E-state index contributed by atoms with van der Waals surface area (Å²) in [4.78, 5) is 23.4. The van der Waals surface area contributed by atoms with Crippen molar-refractivity contribution >= 4 is 11.9 Å². The van der Waals surface area contributed by atoms with Crippen LogP contribution in [0.5, 0.6) is 0 Å². The van der Waals surface area contributed by atoms with Gasteiger partial charge in [-0.25, -0.2) is 0 Å². The standard InChI is InChI=1S/C24H30O4/c1-17-15-18(13-14-21(17)19-10-6-5-7-11-19)9-8-12-20(23(26)27)16-22(25)28-24(2,3)4/h5-7,10-11,13-15,20H,8-9,12,16H2,1-4H3,(H,26,27)/t20-/m1/s1. The molecule has 150 valence electrons. The third-order valence-electron chi connectivity index (χ3n) is 4.58. The van der Waals surface area contributed by atoms with Crippen LogP contribution >= 0.6 is 0 Å². The van der Waals surface area contributed by atoms with Gasteiger partial charge in [0.2, 0.25) is 0 Å². The minimum absolute atomic E-state index is 0.0847. The molecule has 0 spiro atoms. The zero-order chi connectivity index (χ0) is 20.7. The first kappa shape index (κ1) is 21.7. The molecule has 0 unspecified atom stereocenters. The molecule has 0 saturated heterocycles. The van der Waals surface area contributed by atoms with Crippen LogP contribution in [-0.4, -0.2) is 22.6 Å². The van der Waals surface area contributed by atoms with E-state index >= 15 is 0 Å². The van der Waals surface area contributed by atoms with Crippen molar-refractivity contribution in [1.82, 2.24) is 0 Å². The van der Waals surface area contributed by atoms with Crippen molar-refractivity contribution in [2.24, 2.45) is 5.92 Å². The lowest BCUT2D eigenvalue weighted by Crippen LogP contribution is -2.27. The molecule has 2 aromatic rings. The maximum atomic E-state index is 11.9. The maximum absolute atomic E-state index is 11.9. The molecule has 0 radical (unpaired) electrons. The van der Waals surface area contributed by atoms with Crippen LogP contribution < -0.4 is 0 Å². The molecule has 4 heteroatoms. The van der Waals surface area contributed by atoms with Crippen molar-refractivity contribution in [3.05, 3.63) is 59.7 Å². The second-order valence-electron chi connectivity index (χ2n) is 8.23. The highest BCUT2D eigenvalue weighted by Gasteiger charge is 2.24. The van der Waals surface area contributed by atoms with Gasteiger partial charge in [0.05, 0.1) is 12.3 Å². The maximum Gasteiger partial charge on any atom is 0.307 e. The molecule has 0 bridgehead atoms. The highest BCUT2D eigenvalue weighted by Crippen LogP contribution is 2.25. The fraction of sp³-hybridized carbons (Fsp3) is 0.417. The lowest BCUT2D eigenvalue weighted by Gasteiger charge is -2.21. The smallest absolute Gasteiger partial charge is 0.307 e. The van der Waals surface area contributed by atoms with Crippen LogP contribution in [0.2, 0.25) is 0 Å². The third kappa shape index (κ3) is 6.84. The van der Waals surface area contributed by atoms with Crippen LogP contribution in [0.3, 0.4) is 0 Å². The molecule has 0 aromatic heterocycles. The summed E-state index contributed by atoms with van der Waals surface area (Å²) in [5, 5.41) is 9.42. The number of hydrogen-bond acceptors (Lipinski definition) is 3. The molecule has 0 aliphatic carbocycles. The molecule has 2 rings (SSSR count). The first-order chi connectivity index (χ1) is 13.2. The lowest BCUT2D eigenvalue weighted by atomic mass is 9.94. The number of ether oxygens (including phenoxy) is 1. The molecule has 28 heavy (non-hydrogen) atoms. The molecular weight excluding hydrogens is 352 g/mol. The van der Waals surface area contributed by atoms with Gasteiger partial charge < -0.3 is 9.84 Å². The molecule has 4 nitrogen and oxygen atoms in total. The number of carbonyl (C=O) groups excluding carboxylic acids is 1. The number of aliphatic carboxylic acids is 1. The number of aryl methyl sites for hydroxylation is 2. The average molecular weight is 383 g/mol. The molecule has 0 aliphatic rings. The van der Waals surface area contributed by atoms with Crippen molar-refractivity contribution in [3.8, 4) is 11.1 Å². The first-order valence-electron chi connectivity index (χ1n) is 9.75. The van der Waals surface area contributed by atoms with Gasteiger partial charge in [0.25, 0.3) is 0 Å². The van der Waals surface area contributed by atoms with E-state index in [1.807, 2.05) is 18.2 Å². The molecule has 0 heterocycles. The third-order valence-corrected chi connectivity index (χ3v) is 4.58. The largest absolute Gasteiger partial charge is 0.481 e. The van der Waals surface area contributed by atoms with Gasteiger partial charge >= 0.3 is 11.9 Å². The Kier molecular flexibility index (Phi) is 7.38. The summed E-state index contributed by atoms with van der Waals surface area (Å²) in [5.74, 6) is -2.11. The minimum Gasteiger partial charge on any atom is -0.481 e. The van der Waals surface area contributed by atoms with Gasteiger partial charge in [-0.1, -0.05) is 48.5 Å². The van der Waals surface area contributed by atoms with Gasteiger partial charge in [-0.05, 0) is 69.2 Å². The van der Waals surface area contributed by atoms with Crippen LogP contribution in [0.15, 0.2) is 48.5 Å². The van der Waals surface area contributed by atoms with E-state index in [1.54, 1.807) is 20.8 Å². The highest BCUT2D eigenvalue weighted by molar-refractivity contribution is 5.79. The Morgan fingerprint density at radius 3 is 2.32 bits per heavy atom. The van der Waals surface area contributed by atoms with E-state index < -0.39 is 23.5 Å². The van der Waals surface area contributed by atoms with E-state index in [1.165, 1.54) is 22.3 Å². The number of esters is 1. The Bertz CT molecular complexity index is 803. The van der Waals surface area contributed by atoms with Gasteiger partial charge in [-0.15, -0.1) is 0 Å². The Hall–Kier alpha value is -2.62. The molecular formula is C24H30O4. The van der Waals surface area contributed by atoms with Crippen molar-refractivity contribution in [3.63, 3.8) is 0 Å². The van der Waals surface area contributed by atoms with Gasteiger partial charge in [-0.2, -0.15) is 0 Å². The fourth-order valence-corrected chi connectivity index (χ4v) is 3.27. The summed E-state index contributed by atoms with van der Waals surface area (Å²) in [7, 11) is 0.